The summed E-state index contributed by atoms with van der Waals surface area (Å²) in [5.74, 6) is 0. The summed E-state index contributed by atoms with van der Waals surface area (Å²) >= 11 is 0. The first kappa shape index (κ1) is 16.8. The van der Waals surface area contributed by atoms with Crippen LogP contribution in [-0.2, 0) is 4.74 Å². The number of benzene rings is 1. The second-order valence-corrected chi connectivity index (χ2v) is 5.77. The number of nitrogens with one attached hydrogen (secondary N) is 1. The third-order valence-corrected chi connectivity index (χ3v) is 2.71. The zero-order valence-corrected chi connectivity index (χ0v) is 13.1. The molecule has 0 saturated heterocycles. The van der Waals surface area contributed by atoms with Crippen molar-refractivity contribution in [3.05, 3.63) is 41.0 Å². The topological polar surface area (TPSA) is 62.1 Å². The highest BCUT2D eigenvalue weighted by atomic mass is 16.6. The Morgan fingerprint density at radius 2 is 2.14 bits per heavy atom. The second-order valence-electron chi connectivity index (χ2n) is 5.77. The average Bonchev–Trinajstić information content (AvgIpc) is 2.37. The van der Waals surface area contributed by atoms with E-state index in [1.54, 1.807) is 6.07 Å². The lowest BCUT2D eigenvalue weighted by Crippen LogP contribution is -2.32. The molecule has 0 aliphatic heterocycles. The zero-order valence-electron chi connectivity index (χ0n) is 13.1. The summed E-state index contributed by atoms with van der Waals surface area (Å²) in [6.07, 6.45) is 4.13. The number of aryl methyl sites for hydroxylation is 1. The molecule has 1 aromatic rings. The number of hydrogen-bond acceptors (Lipinski definition) is 3. The van der Waals surface area contributed by atoms with Crippen molar-refractivity contribution in [3.8, 4) is 6.07 Å². The predicted octanol–water partition coefficient (Wildman–Crippen LogP) is 3.79. The third kappa shape index (κ3) is 6.13. The van der Waals surface area contributed by atoms with Gasteiger partial charge in [0.25, 0.3) is 0 Å². The minimum absolute atomic E-state index is 0.412. The molecule has 1 aromatic carbocycles. The quantitative estimate of drug-likeness (QED) is 0.856. The van der Waals surface area contributed by atoms with Gasteiger partial charge in [-0.3, -0.25) is 0 Å². The molecule has 112 valence electrons. The number of carbonyl (C=O) groups is 1. The van der Waals surface area contributed by atoms with Crippen molar-refractivity contribution < 1.29 is 9.53 Å². The Bertz CT molecular complexity index is 563. The molecular weight excluding hydrogens is 264 g/mol. The van der Waals surface area contributed by atoms with Crippen molar-refractivity contribution in [1.82, 2.24) is 5.32 Å². The summed E-state index contributed by atoms with van der Waals surface area (Å²) in [4.78, 5) is 11.4. The average molecular weight is 286 g/mol. The maximum Gasteiger partial charge on any atom is 0.407 e. The van der Waals surface area contributed by atoms with Crippen LogP contribution in [0, 0.1) is 18.3 Å². The van der Waals surface area contributed by atoms with E-state index >= 15 is 0 Å². The number of rotatable bonds is 4. The van der Waals surface area contributed by atoms with Crippen LogP contribution >= 0.6 is 0 Å². The molecule has 1 N–H and O–H groups in total. The van der Waals surface area contributed by atoms with Gasteiger partial charge in [-0.25, -0.2) is 4.79 Å². The first-order valence-electron chi connectivity index (χ1n) is 6.96. The van der Waals surface area contributed by atoms with Gasteiger partial charge >= 0.3 is 6.09 Å². The fourth-order valence-corrected chi connectivity index (χ4v) is 1.77. The molecule has 0 bridgehead atoms. The molecule has 0 aromatic heterocycles. The van der Waals surface area contributed by atoms with Crippen LogP contribution in [0.5, 0.6) is 0 Å². The Labute approximate surface area is 126 Å². The molecule has 0 aliphatic carbocycles. The van der Waals surface area contributed by atoms with Gasteiger partial charge in [0.05, 0.1) is 11.6 Å². The van der Waals surface area contributed by atoms with Crippen LogP contribution in [0.25, 0.3) is 6.08 Å². The summed E-state index contributed by atoms with van der Waals surface area (Å²) in [7, 11) is 0. The molecule has 0 aliphatic rings. The van der Waals surface area contributed by atoms with Crippen molar-refractivity contribution in [2.45, 2.75) is 39.7 Å². The minimum Gasteiger partial charge on any atom is -0.444 e. The van der Waals surface area contributed by atoms with E-state index < -0.39 is 11.7 Å². The van der Waals surface area contributed by atoms with Crippen LogP contribution in [-0.4, -0.2) is 18.2 Å². The van der Waals surface area contributed by atoms with Crippen molar-refractivity contribution >= 4 is 12.2 Å². The van der Waals surface area contributed by atoms with E-state index in [1.165, 1.54) is 0 Å². The van der Waals surface area contributed by atoms with E-state index in [-0.39, 0.29) is 0 Å². The van der Waals surface area contributed by atoms with Gasteiger partial charge < -0.3 is 10.1 Å². The molecule has 21 heavy (non-hydrogen) atoms. The van der Waals surface area contributed by atoms with Gasteiger partial charge in [-0.15, -0.1) is 0 Å². The first-order valence-corrected chi connectivity index (χ1v) is 6.96. The maximum atomic E-state index is 11.4. The molecular formula is C17H22N2O2. The van der Waals surface area contributed by atoms with Gasteiger partial charge in [0.1, 0.15) is 5.60 Å². The number of ether oxygens (including phenoxy) is 1. The Hall–Kier alpha value is -2.28. The molecule has 0 radical (unpaired) electrons. The number of carbonyl (C=O) groups excluding carboxylic acids is 1. The monoisotopic (exact) mass is 286 g/mol. The van der Waals surface area contributed by atoms with Gasteiger partial charge in [-0.2, -0.15) is 5.26 Å². The Morgan fingerprint density at radius 1 is 1.43 bits per heavy atom. The standard InChI is InChI=1S/C17H22N2O2/c1-13-8-7-9-14(12-18)15(13)10-5-6-11-19-16(20)21-17(2,3)4/h5,7-10H,6,11H2,1-4H3,(H,19,20). The van der Waals surface area contributed by atoms with Crippen molar-refractivity contribution in [1.29, 1.82) is 5.26 Å². The molecule has 4 heteroatoms. The van der Waals surface area contributed by atoms with E-state index in [9.17, 15) is 4.79 Å². The summed E-state index contributed by atoms with van der Waals surface area (Å²) < 4.78 is 5.14. The van der Waals surface area contributed by atoms with E-state index in [2.05, 4.69) is 11.4 Å². The van der Waals surface area contributed by atoms with Gasteiger partial charge in [0.2, 0.25) is 0 Å². The summed E-state index contributed by atoms with van der Waals surface area (Å²) in [6, 6.07) is 7.82. The highest BCUT2D eigenvalue weighted by Gasteiger charge is 2.15. The van der Waals surface area contributed by atoms with Gasteiger partial charge in [0.15, 0.2) is 0 Å². The molecule has 0 atom stereocenters. The molecule has 1 amide bonds. The van der Waals surface area contributed by atoms with Crippen LogP contribution in [0.1, 0.15) is 43.9 Å². The minimum atomic E-state index is -0.483. The van der Waals surface area contributed by atoms with Gasteiger partial charge in [-0.05, 0) is 51.3 Å². The van der Waals surface area contributed by atoms with Crippen molar-refractivity contribution in [3.63, 3.8) is 0 Å². The SMILES string of the molecule is Cc1cccc(C#N)c1C=CCCNC(=O)OC(C)(C)C. The summed E-state index contributed by atoms with van der Waals surface area (Å²) in [5, 5.41) is 11.8. The van der Waals surface area contributed by atoms with Crippen LogP contribution in [0.4, 0.5) is 4.79 Å². The number of amides is 1. The third-order valence-electron chi connectivity index (χ3n) is 2.71. The smallest absolute Gasteiger partial charge is 0.407 e. The Morgan fingerprint density at radius 3 is 2.76 bits per heavy atom. The number of nitriles is 1. The molecule has 0 fully saturated rings. The summed E-state index contributed by atoms with van der Waals surface area (Å²) in [6.45, 7) is 7.95. The van der Waals surface area contributed by atoms with Crippen molar-refractivity contribution in [2.24, 2.45) is 0 Å². The molecule has 1 rings (SSSR count). The van der Waals surface area contributed by atoms with E-state index in [4.69, 9.17) is 10.00 Å². The fourth-order valence-electron chi connectivity index (χ4n) is 1.77. The molecule has 0 heterocycles. The van der Waals surface area contributed by atoms with E-state index in [0.717, 1.165) is 11.1 Å². The van der Waals surface area contributed by atoms with Gasteiger partial charge in [0, 0.05) is 6.54 Å². The highest BCUT2D eigenvalue weighted by Crippen LogP contribution is 2.15. The van der Waals surface area contributed by atoms with Crippen LogP contribution in [0.2, 0.25) is 0 Å². The molecule has 0 saturated carbocycles. The second kappa shape index (κ2) is 7.49. The molecule has 4 nitrogen and oxygen atoms in total. The Kier molecular flexibility index (Phi) is 5.98. The molecule has 0 spiro atoms. The number of alkyl carbamates (subject to hydrolysis) is 1. The lowest BCUT2D eigenvalue weighted by molar-refractivity contribution is 0.0529. The number of nitrogens with zero attached hydrogens (tertiary/aromatic N) is 1. The lowest BCUT2D eigenvalue weighted by atomic mass is 10.0. The maximum absolute atomic E-state index is 11.4. The fraction of sp³-hybridized carbons (Fsp3) is 0.412. The normalized spacial score (nSPS) is 11.2. The number of hydrogen-bond donors (Lipinski definition) is 1. The van der Waals surface area contributed by atoms with E-state index in [0.29, 0.717) is 18.5 Å². The largest absolute Gasteiger partial charge is 0.444 e. The first-order chi connectivity index (χ1) is 9.83. The van der Waals surface area contributed by atoms with Crippen LogP contribution in [0.3, 0.4) is 0 Å². The zero-order chi connectivity index (χ0) is 15.9. The summed E-state index contributed by atoms with van der Waals surface area (Å²) in [5.41, 5.74) is 2.16. The lowest BCUT2D eigenvalue weighted by Gasteiger charge is -2.19. The Balaban J connectivity index is 2.47. The van der Waals surface area contributed by atoms with E-state index in [1.807, 2.05) is 52.0 Å². The van der Waals surface area contributed by atoms with Crippen LogP contribution in [0.15, 0.2) is 24.3 Å². The van der Waals surface area contributed by atoms with Crippen molar-refractivity contribution in [2.75, 3.05) is 6.54 Å². The predicted molar refractivity (Wildman–Crippen MR) is 83.8 cm³/mol. The van der Waals surface area contributed by atoms with Gasteiger partial charge in [-0.1, -0.05) is 24.3 Å². The highest BCUT2D eigenvalue weighted by molar-refractivity contribution is 5.67. The van der Waals surface area contributed by atoms with Crippen LogP contribution < -0.4 is 5.32 Å². The molecule has 0 unspecified atom stereocenters.